The Morgan fingerprint density at radius 2 is 1.96 bits per heavy atom. The van der Waals surface area contributed by atoms with Gasteiger partial charge in [0.05, 0.1) is 17.3 Å². The fraction of sp³-hybridized carbons (Fsp3) is 0.105. The predicted molar refractivity (Wildman–Crippen MR) is 97.8 cm³/mol. The van der Waals surface area contributed by atoms with Crippen LogP contribution >= 0.6 is 11.3 Å². The van der Waals surface area contributed by atoms with Crippen molar-refractivity contribution in [3.05, 3.63) is 70.5 Å². The molecule has 8 heteroatoms. The molecule has 0 fully saturated rings. The van der Waals surface area contributed by atoms with Gasteiger partial charge in [-0.15, -0.1) is 0 Å². The molecule has 0 saturated heterocycles. The van der Waals surface area contributed by atoms with Crippen LogP contribution in [0.4, 0.5) is 8.78 Å². The Labute approximate surface area is 156 Å². The number of fused-ring (bicyclic) bond motifs is 1. The minimum absolute atomic E-state index is 0.00890. The summed E-state index contributed by atoms with van der Waals surface area (Å²) in [6, 6.07) is 11.0. The number of hydrogen-bond acceptors (Lipinski definition) is 4. The quantitative estimate of drug-likeness (QED) is 0.509. The Kier molecular flexibility index (Phi) is 5.56. The molecule has 138 valence electrons. The zero-order valence-electron chi connectivity index (χ0n) is 14.2. The second kappa shape index (κ2) is 8.05. The third-order valence-electron chi connectivity index (χ3n) is 3.63. The minimum Gasteiger partial charge on any atom is -0.468 e. The van der Waals surface area contributed by atoms with Crippen molar-refractivity contribution >= 4 is 39.5 Å². The standard InChI is InChI=1S/C19H14F2N2O3S/c1-26-17(25)11-23-18-14(21)9-13(20)10-15(18)27-19(23)22-16(24)8-7-12-5-3-2-4-6-12/h2-10H,11H2,1H3. The van der Waals surface area contributed by atoms with Gasteiger partial charge in [0.1, 0.15) is 12.4 Å². The number of hydrogen-bond donors (Lipinski definition) is 0. The summed E-state index contributed by atoms with van der Waals surface area (Å²) in [5, 5.41) is 0. The van der Waals surface area contributed by atoms with E-state index < -0.39 is 23.5 Å². The number of halogens is 2. The van der Waals surface area contributed by atoms with E-state index in [1.807, 2.05) is 30.3 Å². The lowest BCUT2D eigenvalue weighted by molar-refractivity contribution is -0.141. The number of ether oxygens (including phenoxy) is 1. The highest BCUT2D eigenvalue weighted by Gasteiger charge is 2.16. The summed E-state index contributed by atoms with van der Waals surface area (Å²) in [4.78, 5) is 27.9. The molecule has 0 atom stereocenters. The first-order valence-electron chi connectivity index (χ1n) is 7.85. The number of rotatable bonds is 4. The molecule has 0 radical (unpaired) electrons. The number of esters is 1. The number of methoxy groups -OCH3 is 1. The molecule has 0 bridgehead atoms. The summed E-state index contributed by atoms with van der Waals surface area (Å²) in [6.45, 7) is -0.354. The van der Waals surface area contributed by atoms with Crippen LogP contribution in [-0.4, -0.2) is 23.6 Å². The monoisotopic (exact) mass is 388 g/mol. The summed E-state index contributed by atoms with van der Waals surface area (Å²) in [5.41, 5.74) is 0.804. The summed E-state index contributed by atoms with van der Waals surface area (Å²) in [5.74, 6) is -2.84. The molecule has 0 saturated carbocycles. The summed E-state index contributed by atoms with van der Waals surface area (Å²) < 4.78 is 33.8. The maximum absolute atomic E-state index is 14.2. The lowest BCUT2D eigenvalue weighted by Crippen LogP contribution is -2.22. The molecular weight excluding hydrogens is 374 g/mol. The fourth-order valence-electron chi connectivity index (χ4n) is 2.42. The molecule has 0 unspecified atom stereocenters. The molecule has 3 rings (SSSR count). The van der Waals surface area contributed by atoms with Gasteiger partial charge in [0.25, 0.3) is 5.91 Å². The average molecular weight is 388 g/mol. The van der Waals surface area contributed by atoms with Gasteiger partial charge in [-0.3, -0.25) is 9.59 Å². The Balaban J connectivity index is 2.06. The molecule has 0 aliphatic heterocycles. The number of nitrogens with zero attached hydrogens (tertiary/aromatic N) is 2. The van der Waals surface area contributed by atoms with Crippen LogP contribution in [0.2, 0.25) is 0 Å². The summed E-state index contributed by atoms with van der Waals surface area (Å²) >= 11 is 0.909. The first-order valence-corrected chi connectivity index (χ1v) is 8.66. The molecule has 27 heavy (non-hydrogen) atoms. The van der Waals surface area contributed by atoms with Crippen LogP contribution in [0, 0.1) is 11.6 Å². The molecule has 1 aromatic heterocycles. The molecule has 2 aromatic carbocycles. The Morgan fingerprint density at radius 3 is 2.67 bits per heavy atom. The second-order valence-electron chi connectivity index (χ2n) is 5.48. The average Bonchev–Trinajstić information content (AvgIpc) is 2.97. The highest BCUT2D eigenvalue weighted by Crippen LogP contribution is 2.22. The smallest absolute Gasteiger partial charge is 0.325 e. The van der Waals surface area contributed by atoms with Crippen LogP contribution in [0.5, 0.6) is 0 Å². The van der Waals surface area contributed by atoms with E-state index in [1.54, 1.807) is 6.08 Å². The summed E-state index contributed by atoms with van der Waals surface area (Å²) in [6.07, 6.45) is 2.85. The largest absolute Gasteiger partial charge is 0.468 e. The molecule has 0 N–H and O–H groups in total. The minimum atomic E-state index is -0.848. The Bertz CT molecular complexity index is 1100. The van der Waals surface area contributed by atoms with Crippen molar-refractivity contribution in [2.75, 3.05) is 7.11 Å². The Hall–Kier alpha value is -3.13. The first-order chi connectivity index (χ1) is 13.0. The van der Waals surface area contributed by atoms with E-state index in [9.17, 15) is 18.4 Å². The van der Waals surface area contributed by atoms with Gasteiger partial charge in [-0.2, -0.15) is 4.99 Å². The molecule has 1 amide bonds. The molecule has 3 aromatic rings. The maximum atomic E-state index is 14.2. The van der Waals surface area contributed by atoms with E-state index >= 15 is 0 Å². The normalized spacial score (nSPS) is 12.0. The van der Waals surface area contributed by atoms with Crippen molar-refractivity contribution in [3.63, 3.8) is 0 Å². The second-order valence-corrected chi connectivity index (χ2v) is 6.48. The highest BCUT2D eigenvalue weighted by atomic mass is 32.1. The SMILES string of the molecule is COC(=O)Cn1c(=NC(=O)C=Cc2ccccc2)sc2cc(F)cc(F)c21. The van der Waals surface area contributed by atoms with Crippen molar-refractivity contribution in [2.45, 2.75) is 6.54 Å². The number of amides is 1. The third-order valence-corrected chi connectivity index (χ3v) is 4.66. The first kappa shape index (κ1) is 18.7. The van der Waals surface area contributed by atoms with Gasteiger partial charge in [0.15, 0.2) is 10.6 Å². The van der Waals surface area contributed by atoms with E-state index in [1.165, 1.54) is 17.8 Å². The zero-order valence-corrected chi connectivity index (χ0v) is 15.0. The van der Waals surface area contributed by atoms with Crippen molar-refractivity contribution < 1.29 is 23.1 Å². The molecule has 5 nitrogen and oxygen atoms in total. The molecule has 1 heterocycles. The number of thiazole rings is 1. The molecule has 0 spiro atoms. The van der Waals surface area contributed by atoms with Gasteiger partial charge in [0, 0.05) is 12.1 Å². The van der Waals surface area contributed by atoms with E-state index in [-0.39, 0.29) is 21.6 Å². The van der Waals surface area contributed by atoms with Crippen molar-refractivity contribution in [1.29, 1.82) is 0 Å². The van der Waals surface area contributed by atoms with E-state index in [0.717, 1.165) is 23.0 Å². The summed E-state index contributed by atoms with van der Waals surface area (Å²) in [7, 11) is 1.19. The lowest BCUT2D eigenvalue weighted by Gasteiger charge is -2.04. The van der Waals surface area contributed by atoms with Gasteiger partial charge in [0.2, 0.25) is 0 Å². The van der Waals surface area contributed by atoms with E-state index in [4.69, 9.17) is 0 Å². The van der Waals surface area contributed by atoms with E-state index in [2.05, 4.69) is 9.73 Å². The number of carbonyl (C=O) groups is 2. The predicted octanol–water partition coefficient (Wildman–Crippen LogP) is 3.29. The maximum Gasteiger partial charge on any atom is 0.325 e. The van der Waals surface area contributed by atoms with Gasteiger partial charge >= 0.3 is 5.97 Å². The van der Waals surface area contributed by atoms with Gasteiger partial charge in [-0.05, 0) is 17.7 Å². The van der Waals surface area contributed by atoms with Crippen LogP contribution in [-0.2, 0) is 20.9 Å². The topological polar surface area (TPSA) is 60.7 Å². The van der Waals surface area contributed by atoms with Crippen molar-refractivity contribution in [2.24, 2.45) is 4.99 Å². The van der Waals surface area contributed by atoms with Crippen LogP contribution < -0.4 is 4.80 Å². The van der Waals surface area contributed by atoms with Crippen LogP contribution in [0.15, 0.2) is 53.5 Å². The van der Waals surface area contributed by atoms with E-state index in [0.29, 0.717) is 6.07 Å². The number of carbonyl (C=O) groups excluding carboxylic acids is 2. The zero-order chi connectivity index (χ0) is 19.4. The number of aromatic nitrogens is 1. The van der Waals surface area contributed by atoms with Crippen molar-refractivity contribution in [3.8, 4) is 0 Å². The van der Waals surface area contributed by atoms with Crippen LogP contribution in [0.3, 0.4) is 0 Å². The van der Waals surface area contributed by atoms with Crippen LogP contribution in [0.25, 0.3) is 16.3 Å². The van der Waals surface area contributed by atoms with Gasteiger partial charge < -0.3 is 9.30 Å². The highest BCUT2D eigenvalue weighted by molar-refractivity contribution is 7.16. The van der Waals surface area contributed by atoms with Gasteiger partial charge in [-0.1, -0.05) is 41.7 Å². The molecular formula is C19H14F2N2O3S. The number of benzene rings is 2. The Morgan fingerprint density at radius 1 is 1.22 bits per heavy atom. The third kappa shape index (κ3) is 4.35. The lowest BCUT2D eigenvalue weighted by atomic mass is 10.2. The fourth-order valence-corrected chi connectivity index (χ4v) is 3.49. The van der Waals surface area contributed by atoms with Gasteiger partial charge in [-0.25, -0.2) is 8.78 Å². The van der Waals surface area contributed by atoms with Crippen LogP contribution in [0.1, 0.15) is 5.56 Å². The van der Waals surface area contributed by atoms with Crippen molar-refractivity contribution in [1.82, 2.24) is 4.57 Å². The molecule has 0 aliphatic rings. The molecule has 0 aliphatic carbocycles.